The van der Waals surface area contributed by atoms with Crippen LogP contribution in [-0.2, 0) is 15.0 Å². The molecule has 1 saturated heterocycles. The van der Waals surface area contributed by atoms with E-state index >= 15 is 0 Å². The predicted molar refractivity (Wildman–Crippen MR) is 161 cm³/mol. The number of carbonyl (C=O) groups excluding carboxylic acids is 3. The lowest BCUT2D eigenvalue weighted by Gasteiger charge is -2.57. The Labute approximate surface area is 249 Å². The van der Waals surface area contributed by atoms with E-state index in [4.69, 9.17) is 23.2 Å². The standard InChI is InChI=1S/C33H31Cl2N3O3/c1-18-9-23(13-27-30(39)36-32(41)38(31(27)40)26-7-8-28(34)29(35)14-26)19(2)37(18)25-5-3-24(4-6-25)33-15-20-10-21(16-33)12-22(11-20)17-33/h3-9,13-14,20-22H,10-12,15-17H2,1-2H3,(H,36,39,41)/b27-13+. The van der Waals surface area contributed by atoms with Crippen molar-refractivity contribution in [2.75, 3.05) is 4.90 Å². The van der Waals surface area contributed by atoms with Crippen LogP contribution in [0.15, 0.2) is 54.1 Å². The van der Waals surface area contributed by atoms with Gasteiger partial charge in [0, 0.05) is 17.1 Å². The van der Waals surface area contributed by atoms with Gasteiger partial charge >= 0.3 is 6.03 Å². The number of urea groups is 1. The van der Waals surface area contributed by atoms with Crippen LogP contribution >= 0.6 is 23.2 Å². The van der Waals surface area contributed by atoms with Gasteiger partial charge < -0.3 is 4.57 Å². The van der Waals surface area contributed by atoms with Crippen LogP contribution < -0.4 is 10.2 Å². The van der Waals surface area contributed by atoms with Crippen molar-refractivity contribution >= 4 is 52.8 Å². The van der Waals surface area contributed by atoms with Crippen molar-refractivity contribution in [3.8, 4) is 5.69 Å². The van der Waals surface area contributed by atoms with Gasteiger partial charge in [-0.2, -0.15) is 0 Å². The average Bonchev–Trinajstić information content (AvgIpc) is 3.20. The van der Waals surface area contributed by atoms with E-state index < -0.39 is 17.8 Å². The van der Waals surface area contributed by atoms with Crippen molar-refractivity contribution in [1.29, 1.82) is 0 Å². The molecule has 1 aromatic heterocycles. The summed E-state index contributed by atoms with van der Waals surface area (Å²) in [4.78, 5) is 39.7. The van der Waals surface area contributed by atoms with E-state index in [1.807, 2.05) is 19.9 Å². The number of carbonyl (C=O) groups is 3. The zero-order chi connectivity index (χ0) is 28.6. The number of aromatic nitrogens is 1. The SMILES string of the molecule is Cc1cc(/C=C2\C(=O)NC(=O)N(c3ccc(Cl)c(Cl)c3)C2=O)c(C)n1-c1ccc(C23CC4CC(CC(C4)C2)C3)cc1. The largest absolute Gasteiger partial charge is 0.335 e. The fourth-order valence-electron chi connectivity index (χ4n) is 8.43. The second-order valence-electron chi connectivity index (χ2n) is 12.5. The molecular formula is C33H31Cl2N3O3. The molecule has 8 heteroatoms. The number of halogens is 2. The first-order valence-electron chi connectivity index (χ1n) is 14.3. The highest BCUT2D eigenvalue weighted by Crippen LogP contribution is 2.60. The molecule has 1 aliphatic heterocycles. The zero-order valence-electron chi connectivity index (χ0n) is 23.0. The Balaban J connectivity index is 1.19. The van der Waals surface area contributed by atoms with E-state index in [2.05, 4.69) is 34.1 Å². The number of hydrogen-bond donors (Lipinski definition) is 1. The van der Waals surface area contributed by atoms with Crippen LogP contribution in [0, 0.1) is 31.6 Å². The van der Waals surface area contributed by atoms with Crippen LogP contribution in [-0.4, -0.2) is 22.4 Å². The Morgan fingerprint density at radius 3 is 2.05 bits per heavy atom. The highest BCUT2D eigenvalue weighted by molar-refractivity contribution is 6.43. The van der Waals surface area contributed by atoms with Gasteiger partial charge in [0.15, 0.2) is 0 Å². The maximum absolute atomic E-state index is 13.4. The van der Waals surface area contributed by atoms with E-state index in [1.54, 1.807) is 6.08 Å². The number of anilines is 1. The summed E-state index contributed by atoms with van der Waals surface area (Å²) in [7, 11) is 0. The third-order valence-electron chi connectivity index (χ3n) is 9.81. The second kappa shape index (κ2) is 9.60. The van der Waals surface area contributed by atoms with E-state index in [1.165, 1.54) is 62.3 Å². The summed E-state index contributed by atoms with van der Waals surface area (Å²) in [6.07, 6.45) is 9.82. The van der Waals surface area contributed by atoms with Crippen molar-refractivity contribution in [1.82, 2.24) is 9.88 Å². The number of barbiturate groups is 1. The smallest absolute Gasteiger partial charge is 0.318 e. The fourth-order valence-corrected chi connectivity index (χ4v) is 8.72. The number of rotatable bonds is 4. The zero-order valence-corrected chi connectivity index (χ0v) is 24.6. The van der Waals surface area contributed by atoms with Crippen molar-refractivity contribution in [3.63, 3.8) is 0 Å². The highest BCUT2D eigenvalue weighted by Gasteiger charge is 2.51. The van der Waals surface area contributed by atoms with Crippen LogP contribution in [0.3, 0.4) is 0 Å². The molecule has 5 fully saturated rings. The molecule has 4 bridgehead atoms. The monoisotopic (exact) mass is 587 g/mol. The number of hydrogen-bond acceptors (Lipinski definition) is 3. The van der Waals surface area contributed by atoms with Gasteiger partial charge in [0.25, 0.3) is 11.8 Å². The molecule has 0 radical (unpaired) electrons. The van der Waals surface area contributed by atoms with Crippen molar-refractivity contribution in [2.45, 2.75) is 57.8 Å². The molecule has 8 rings (SSSR count). The molecule has 2 aromatic carbocycles. The molecule has 0 unspecified atom stereocenters. The molecule has 1 N–H and O–H groups in total. The summed E-state index contributed by atoms with van der Waals surface area (Å²) >= 11 is 12.1. The summed E-state index contributed by atoms with van der Waals surface area (Å²) in [6, 6.07) is 14.6. The number of aryl methyl sites for hydroxylation is 1. The van der Waals surface area contributed by atoms with Crippen molar-refractivity contribution in [3.05, 3.63) is 86.7 Å². The first-order valence-corrected chi connectivity index (χ1v) is 15.0. The minimum atomic E-state index is -0.833. The van der Waals surface area contributed by atoms with Gasteiger partial charge in [-0.3, -0.25) is 14.9 Å². The Hall–Kier alpha value is -3.35. The maximum atomic E-state index is 13.4. The molecule has 4 saturated carbocycles. The average molecular weight is 589 g/mol. The molecule has 4 amide bonds. The molecule has 41 heavy (non-hydrogen) atoms. The van der Waals surface area contributed by atoms with E-state index in [9.17, 15) is 14.4 Å². The fraction of sp³-hybridized carbons (Fsp3) is 0.364. The lowest BCUT2D eigenvalue weighted by molar-refractivity contribution is -0.122. The van der Waals surface area contributed by atoms with E-state index in [0.29, 0.717) is 10.4 Å². The van der Waals surface area contributed by atoms with Crippen LogP contribution in [0.2, 0.25) is 10.0 Å². The number of nitrogens with zero attached hydrogens (tertiary/aromatic N) is 2. The maximum Gasteiger partial charge on any atom is 0.335 e. The first-order chi connectivity index (χ1) is 19.6. The Morgan fingerprint density at radius 1 is 0.829 bits per heavy atom. The Bertz CT molecular complexity index is 1620. The molecule has 0 atom stereocenters. The Morgan fingerprint density at radius 2 is 1.44 bits per heavy atom. The number of amides is 4. The van der Waals surface area contributed by atoms with Gasteiger partial charge in [0.05, 0.1) is 15.7 Å². The molecular weight excluding hydrogens is 557 g/mol. The lowest BCUT2D eigenvalue weighted by atomic mass is 9.48. The number of benzene rings is 2. The van der Waals surface area contributed by atoms with Crippen molar-refractivity contribution < 1.29 is 14.4 Å². The highest BCUT2D eigenvalue weighted by atomic mass is 35.5. The quantitative estimate of drug-likeness (QED) is 0.253. The van der Waals surface area contributed by atoms with Crippen molar-refractivity contribution in [2.24, 2.45) is 17.8 Å². The summed E-state index contributed by atoms with van der Waals surface area (Å²) in [5.74, 6) is 1.23. The minimum absolute atomic E-state index is 0.131. The van der Waals surface area contributed by atoms with E-state index in [-0.39, 0.29) is 16.3 Å². The molecule has 6 nitrogen and oxygen atoms in total. The van der Waals surface area contributed by atoms with Gasteiger partial charge in [-0.05, 0) is 129 Å². The van der Waals surface area contributed by atoms with Crippen LogP contribution in [0.25, 0.3) is 11.8 Å². The van der Waals surface area contributed by atoms with Crippen LogP contribution in [0.4, 0.5) is 10.5 Å². The normalized spacial score (nSPS) is 28.1. The minimum Gasteiger partial charge on any atom is -0.318 e. The summed E-state index contributed by atoms with van der Waals surface area (Å²) in [5, 5.41) is 2.77. The Kier molecular flexibility index (Phi) is 6.22. The topological polar surface area (TPSA) is 71.4 Å². The second-order valence-corrected chi connectivity index (χ2v) is 13.3. The third kappa shape index (κ3) is 4.34. The van der Waals surface area contributed by atoms with Gasteiger partial charge in [0.2, 0.25) is 0 Å². The molecule has 0 spiro atoms. The molecule has 210 valence electrons. The van der Waals surface area contributed by atoms with Crippen LogP contribution in [0.5, 0.6) is 0 Å². The predicted octanol–water partition coefficient (Wildman–Crippen LogP) is 7.54. The molecule has 2 heterocycles. The van der Waals surface area contributed by atoms with Gasteiger partial charge in [-0.15, -0.1) is 0 Å². The summed E-state index contributed by atoms with van der Waals surface area (Å²) in [5.41, 5.74) is 5.57. The van der Waals surface area contributed by atoms with E-state index in [0.717, 1.165) is 45.3 Å². The lowest BCUT2D eigenvalue weighted by Crippen LogP contribution is -2.54. The summed E-state index contributed by atoms with van der Waals surface area (Å²) < 4.78 is 2.14. The third-order valence-corrected chi connectivity index (χ3v) is 10.5. The molecule has 5 aliphatic rings. The van der Waals surface area contributed by atoms with Gasteiger partial charge in [0.1, 0.15) is 5.57 Å². The molecule has 3 aromatic rings. The van der Waals surface area contributed by atoms with Crippen LogP contribution in [0.1, 0.15) is 61.0 Å². The van der Waals surface area contributed by atoms with Gasteiger partial charge in [-0.25, -0.2) is 9.69 Å². The number of nitrogens with one attached hydrogen (secondary N) is 1. The summed E-state index contributed by atoms with van der Waals surface area (Å²) in [6.45, 7) is 3.98. The number of imide groups is 2. The molecule has 4 aliphatic carbocycles. The first kappa shape index (κ1) is 26.5. The van der Waals surface area contributed by atoms with Gasteiger partial charge in [-0.1, -0.05) is 35.3 Å².